The topological polar surface area (TPSA) is 74.6 Å². The van der Waals surface area contributed by atoms with Gasteiger partial charge in [-0.3, -0.25) is 0 Å². The Bertz CT molecular complexity index is 1140. The van der Waals surface area contributed by atoms with Crippen LogP contribution in [0, 0.1) is 34.0 Å². The number of allylic oxidation sites excluding steroid dienone is 4. The normalized spacial score (nSPS) is 11.9. The Morgan fingerprint density at radius 3 is 1.89 bits per heavy atom. The van der Waals surface area contributed by atoms with E-state index in [9.17, 15) is 5.26 Å². The van der Waals surface area contributed by atoms with E-state index in [1.807, 2.05) is 78.0 Å². The van der Waals surface area contributed by atoms with Gasteiger partial charge in [0.15, 0.2) is 0 Å². The molecule has 0 aromatic heterocycles. The molecule has 0 radical (unpaired) electrons. The predicted octanol–water partition coefficient (Wildman–Crippen LogP) is 3.03. The molecular formula is C23H14N4. The van der Waals surface area contributed by atoms with Crippen LogP contribution in [-0.2, 0) is 0 Å². The predicted molar refractivity (Wildman–Crippen MR) is 105 cm³/mol. The van der Waals surface area contributed by atoms with Crippen LogP contribution in [0.2, 0.25) is 0 Å². The first-order valence-corrected chi connectivity index (χ1v) is 8.21. The summed E-state index contributed by atoms with van der Waals surface area (Å²) in [5.41, 5.74) is 2.53. The Labute approximate surface area is 157 Å². The van der Waals surface area contributed by atoms with Gasteiger partial charge in [-0.25, -0.2) is 0 Å². The Kier molecular flexibility index (Phi) is 5.29. The van der Waals surface area contributed by atoms with E-state index in [-0.39, 0.29) is 5.57 Å². The number of benzene rings is 2. The van der Waals surface area contributed by atoms with Crippen LogP contribution in [0.25, 0.3) is 11.1 Å². The highest BCUT2D eigenvalue weighted by Crippen LogP contribution is 2.19. The van der Waals surface area contributed by atoms with Crippen LogP contribution >= 0.6 is 0 Å². The average Bonchev–Trinajstić information content (AvgIpc) is 2.74. The van der Waals surface area contributed by atoms with E-state index in [1.165, 1.54) is 0 Å². The van der Waals surface area contributed by atoms with Crippen LogP contribution < -0.4 is 15.3 Å². The molecule has 3 rings (SSSR count). The van der Waals surface area contributed by atoms with Crippen molar-refractivity contribution < 1.29 is 0 Å². The lowest BCUT2D eigenvalue weighted by atomic mass is 10.1. The summed E-state index contributed by atoms with van der Waals surface area (Å²) in [7, 11) is 0. The van der Waals surface area contributed by atoms with Crippen molar-refractivity contribution in [3.63, 3.8) is 0 Å². The minimum absolute atomic E-state index is 0.0533. The second kappa shape index (κ2) is 8.17. The molecule has 1 aliphatic heterocycles. The van der Waals surface area contributed by atoms with Crippen LogP contribution in [0.5, 0.6) is 0 Å². The fraction of sp³-hybridized carbons (Fsp3) is 0. The fourth-order valence-electron chi connectivity index (χ4n) is 2.62. The van der Waals surface area contributed by atoms with Crippen molar-refractivity contribution >= 4 is 16.8 Å². The first-order valence-electron chi connectivity index (χ1n) is 8.21. The second-order valence-electron chi connectivity index (χ2n) is 5.72. The summed E-state index contributed by atoms with van der Waals surface area (Å²) < 4.78 is 0. The fourth-order valence-corrected chi connectivity index (χ4v) is 2.62. The van der Waals surface area contributed by atoms with Crippen LogP contribution in [0.3, 0.4) is 0 Å². The van der Waals surface area contributed by atoms with E-state index in [0.29, 0.717) is 10.8 Å². The molecular weight excluding hydrogens is 332 g/mol. The van der Waals surface area contributed by atoms with E-state index < -0.39 is 0 Å². The summed E-state index contributed by atoms with van der Waals surface area (Å²) in [4.78, 5) is 2.00. The lowest BCUT2D eigenvalue weighted by Crippen LogP contribution is -2.12. The molecule has 27 heavy (non-hydrogen) atoms. The number of hydrogen-bond acceptors (Lipinski definition) is 4. The van der Waals surface area contributed by atoms with Crippen molar-refractivity contribution in [3.8, 4) is 18.2 Å². The Hall–Kier alpha value is -4.33. The third-order valence-corrected chi connectivity index (χ3v) is 4.05. The molecule has 126 valence electrons. The van der Waals surface area contributed by atoms with Gasteiger partial charge in [-0.2, -0.15) is 15.8 Å². The number of hydrogen-bond donors (Lipinski definition) is 0. The molecule has 0 fully saturated rings. The largest absolute Gasteiger partial charge is 0.324 e. The molecule has 0 spiro atoms. The van der Waals surface area contributed by atoms with Crippen molar-refractivity contribution in [2.45, 2.75) is 0 Å². The van der Waals surface area contributed by atoms with Gasteiger partial charge in [0.1, 0.15) is 17.7 Å². The van der Waals surface area contributed by atoms with Gasteiger partial charge in [0.2, 0.25) is 0 Å². The van der Waals surface area contributed by atoms with Crippen LogP contribution in [0.4, 0.5) is 5.69 Å². The van der Waals surface area contributed by atoms with Crippen molar-refractivity contribution in [2.24, 2.45) is 0 Å². The molecule has 1 aliphatic rings. The number of anilines is 1. The van der Waals surface area contributed by atoms with Crippen molar-refractivity contribution in [1.82, 2.24) is 0 Å². The lowest BCUT2D eigenvalue weighted by molar-refractivity contribution is 1.25. The first-order chi connectivity index (χ1) is 13.2. The molecule has 0 atom stereocenters. The summed E-state index contributed by atoms with van der Waals surface area (Å²) in [6.07, 6.45) is 9.58. The number of para-hydroxylation sites is 1. The molecule has 0 bridgehead atoms. The minimum atomic E-state index is 0.0533. The molecule has 2 aromatic rings. The highest BCUT2D eigenvalue weighted by atomic mass is 15.1. The summed E-state index contributed by atoms with van der Waals surface area (Å²) in [6, 6.07) is 22.7. The maximum absolute atomic E-state index is 9.51. The van der Waals surface area contributed by atoms with E-state index in [0.717, 1.165) is 16.5 Å². The molecule has 0 unspecified atom stereocenters. The molecule has 0 saturated carbocycles. The molecule has 1 heterocycles. The highest BCUT2D eigenvalue weighted by molar-refractivity contribution is 5.74. The Morgan fingerprint density at radius 2 is 1.33 bits per heavy atom. The van der Waals surface area contributed by atoms with Crippen molar-refractivity contribution in [2.75, 3.05) is 4.90 Å². The summed E-state index contributed by atoms with van der Waals surface area (Å²) in [5, 5.41) is 28.6. The summed E-state index contributed by atoms with van der Waals surface area (Å²) in [5.74, 6) is 0. The summed E-state index contributed by atoms with van der Waals surface area (Å²) >= 11 is 0. The van der Waals surface area contributed by atoms with E-state index in [1.54, 1.807) is 24.3 Å². The lowest BCUT2D eigenvalue weighted by Gasteiger charge is -2.18. The van der Waals surface area contributed by atoms with Gasteiger partial charge in [0.05, 0.1) is 11.6 Å². The molecule has 0 aliphatic carbocycles. The standard InChI is InChI=1S/C23H14N4/c24-15-21(19-6-8-20(9-7-19)22(16-25)17-26)14-18-10-12-27(13-11-18)23-4-2-1-3-5-23/h1-14H. The molecule has 4 nitrogen and oxygen atoms in total. The summed E-state index contributed by atoms with van der Waals surface area (Å²) in [6.45, 7) is 0. The van der Waals surface area contributed by atoms with Gasteiger partial charge < -0.3 is 4.90 Å². The molecule has 0 N–H and O–H groups in total. The van der Waals surface area contributed by atoms with E-state index in [2.05, 4.69) is 6.07 Å². The van der Waals surface area contributed by atoms with Gasteiger partial charge in [-0.05, 0) is 41.2 Å². The van der Waals surface area contributed by atoms with Crippen molar-refractivity contribution in [3.05, 3.63) is 101 Å². The van der Waals surface area contributed by atoms with Gasteiger partial charge in [-0.1, -0.05) is 42.5 Å². The maximum Gasteiger partial charge on any atom is 0.136 e. The van der Waals surface area contributed by atoms with Gasteiger partial charge in [0, 0.05) is 23.3 Å². The number of rotatable bonds is 2. The zero-order chi connectivity index (χ0) is 19.1. The SMILES string of the molecule is N#CC(C#N)=c1ccc(=C(C#N)C=C2C=CN(c3ccccc3)C=C2)cc1. The maximum atomic E-state index is 9.51. The average molecular weight is 346 g/mol. The van der Waals surface area contributed by atoms with Gasteiger partial charge in [-0.15, -0.1) is 0 Å². The van der Waals surface area contributed by atoms with Crippen LogP contribution in [-0.4, -0.2) is 0 Å². The van der Waals surface area contributed by atoms with E-state index >= 15 is 0 Å². The Balaban J connectivity index is 1.93. The third-order valence-electron chi connectivity index (χ3n) is 4.05. The molecule has 0 saturated heterocycles. The molecule has 4 heteroatoms. The Morgan fingerprint density at radius 1 is 0.741 bits per heavy atom. The van der Waals surface area contributed by atoms with Crippen LogP contribution in [0.15, 0.2) is 90.8 Å². The molecule has 2 aromatic carbocycles. The smallest absolute Gasteiger partial charge is 0.136 e. The third kappa shape index (κ3) is 4.02. The van der Waals surface area contributed by atoms with Gasteiger partial charge in [0.25, 0.3) is 0 Å². The first kappa shape index (κ1) is 17.5. The van der Waals surface area contributed by atoms with Gasteiger partial charge >= 0.3 is 0 Å². The highest BCUT2D eigenvalue weighted by Gasteiger charge is 2.04. The molecule has 0 amide bonds. The van der Waals surface area contributed by atoms with E-state index in [4.69, 9.17) is 10.5 Å². The minimum Gasteiger partial charge on any atom is -0.324 e. The quantitative estimate of drug-likeness (QED) is 0.838. The number of nitriles is 3. The second-order valence-corrected chi connectivity index (χ2v) is 5.72. The van der Waals surface area contributed by atoms with Crippen LogP contribution in [0.1, 0.15) is 0 Å². The monoisotopic (exact) mass is 346 g/mol. The number of nitrogens with zero attached hydrogens (tertiary/aromatic N) is 4. The zero-order valence-electron chi connectivity index (χ0n) is 14.4. The van der Waals surface area contributed by atoms with Crippen molar-refractivity contribution in [1.29, 1.82) is 15.8 Å². The zero-order valence-corrected chi connectivity index (χ0v) is 14.4.